The van der Waals surface area contributed by atoms with Crippen LogP contribution in [0.5, 0.6) is 0 Å². The zero-order valence-electron chi connectivity index (χ0n) is 19.8. The van der Waals surface area contributed by atoms with Crippen molar-refractivity contribution in [3.8, 4) is 0 Å². The molecule has 1 N–H and O–H groups in total. The summed E-state index contributed by atoms with van der Waals surface area (Å²) in [5.74, 6) is -0.182. The van der Waals surface area contributed by atoms with Crippen molar-refractivity contribution < 1.29 is 31.1 Å². The van der Waals surface area contributed by atoms with Gasteiger partial charge in [0.1, 0.15) is 0 Å². The number of hydrogen-bond donors (Lipinski definition) is 1. The fraction of sp³-hybridized carbons (Fsp3) is 0.708. The Bertz CT molecular complexity index is 930. The molecule has 1 saturated carbocycles. The second-order valence-electron chi connectivity index (χ2n) is 9.44. The van der Waals surface area contributed by atoms with Crippen LogP contribution in [0.2, 0.25) is 0 Å². The molecule has 10 heteroatoms. The molecule has 0 bridgehead atoms. The van der Waals surface area contributed by atoms with Crippen LogP contribution in [0.3, 0.4) is 0 Å². The zero-order valence-corrected chi connectivity index (χ0v) is 20.6. The van der Waals surface area contributed by atoms with Crippen LogP contribution in [0.1, 0.15) is 75.3 Å². The van der Waals surface area contributed by atoms with Gasteiger partial charge in [0.25, 0.3) is 0 Å². The standard InChI is InChI=1S/C24H35F3N2O4S/c1-3-7-23(30)29-15-6-10-21(28-34(2,31)32)22(29)16-33-18-13-11-17(12-14-18)19-8-4-5-9-20(19)24(25,26)27/h4-5,8-9,17-18,21-22,28H,3,6-7,10-16H2,1-2H3/t17?,18?,21-,22-/m0/s1. The maximum atomic E-state index is 13.4. The summed E-state index contributed by atoms with van der Waals surface area (Å²) in [5, 5.41) is 0. The minimum Gasteiger partial charge on any atom is -0.376 e. The van der Waals surface area contributed by atoms with Gasteiger partial charge >= 0.3 is 6.18 Å². The van der Waals surface area contributed by atoms with Crippen molar-refractivity contribution in [1.29, 1.82) is 0 Å². The van der Waals surface area contributed by atoms with Crippen molar-refractivity contribution in [2.45, 2.75) is 88.6 Å². The number of halogens is 3. The van der Waals surface area contributed by atoms with Crippen molar-refractivity contribution >= 4 is 15.9 Å². The van der Waals surface area contributed by atoms with Crippen LogP contribution < -0.4 is 4.72 Å². The molecule has 1 aliphatic carbocycles. The number of amides is 1. The second-order valence-corrected chi connectivity index (χ2v) is 11.2. The Morgan fingerprint density at radius 3 is 2.44 bits per heavy atom. The van der Waals surface area contributed by atoms with Crippen LogP contribution in [-0.2, 0) is 25.7 Å². The molecule has 0 unspecified atom stereocenters. The Labute approximate surface area is 200 Å². The third kappa shape index (κ3) is 7.18. The van der Waals surface area contributed by atoms with Crippen molar-refractivity contribution in [1.82, 2.24) is 9.62 Å². The highest BCUT2D eigenvalue weighted by molar-refractivity contribution is 7.88. The number of carbonyl (C=O) groups is 1. The largest absolute Gasteiger partial charge is 0.416 e. The van der Waals surface area contributed by atoms with Gasteiger partial charge in [0.05, 0.1) is 30.6 Å². The van der Waals surface area contributed by atoms with Crippen molar-refractivity contribution in [3.05, 3.63) is 35.4 Å². The lowest BCUT2D eigenvalue weighted by molar-refractivity contribution is -0.139. The fourth-order valence-corrected chi connectivity index (χ4v) is 6.05. The molecule has 0 aromatic heterocycles. The summed E-state index contributed by atoms with van der Waals surface area (Å²) in [7, 11) is -3.45. The van der Waals surface area contributed by atoms with Gasteiger partial charge in [0.2, 0.25) is 15.9 Å². The van der Waals surface area contributed by atoms with Gasteiger partial charge in [0, 0.05) is 19.0 Å². The summed E-state index contributed by atoms with van der Waals surface area (Å²) >= 11 is 0. The molecule has 0 spiro atoms. The van der Waals surface area contributed by atoms with Gasteiger partial charge in [-0.05, 0) is 62.5 Å². The van der Waals surface area contributed by atoms with Crippen LogP contribution in [0.4, 0.5) is 13.2 Å². The Morgan fingerprint density at radius 1 is 1.15 bits per heavy atom. The number of rotatable bonds is 8. The first-order chi connectivity index (χ1) is 16.0. The van der Waals surface area contributed by atoms with Gasteiger partial charge in [-0.25, -0.2) is 13.1 Å². The van der Waals surface area contributed by atoms with E-state index in [1.165, 1.54) is 6.07 Å². The van der Waals surface area contributed by atoms with E-state index in [9.17, 15) is 26.4 Å². The van der Waals surface area contributed by atoms with Gasteiger partial charge in [0.15, 0.2) is 0 Å². The van der Waals surface area contributed by atoms with E-state index in [1.54, 1.807) is 17.0 Å². The molecule has 2 atom stereocenters. The molecule has 1 amide bonds. The topological polar surface area (TPSA) is 75.7 Å². The first kappa shape index (κ1) is 26.9. The maximum Gasteiger partial charge on any atom is 0.416 e. The van der Waals surface area contributed by atoms with Crippen LogP contribution in [-0.4, -0.2) is 56.8 Å². The summed E-state index contributed by atoms with van der Waals surface area (Å²) in [6.45, 7) is 2.70. The highest BCUT2D eigenvalue weighted by Gasteiger charge is 2.38. The average Bonchev–Trinajstić information content (AvgIpc) is 2.77. The van der Waals surface area contributed by atoms with E-state index in [1.807, 2.05) is 6.92 Å². The highest BCUT2D eigenvalue weighted by atomic mass is 32.2. The molecule has 2 aliphatic rings. The summed E-state index contributed by atoms with van der Waals surface area (Å²) in [6.07, 6.45) is 1.46. The minimum atomic E-state index is -4.37. The van der Waals surface area contributed by atoms with Crippen molar-refractivity contribution in [2.24, 2.45) is 0 Å². The summed E-state index contributed by atoms with van der Waals surface area (Å²) in [6, 6.07) is 4.95. The number of piperidine rings is 1. The molecule has 1 aromatic carbocycles. The minimum absolute atomic E-state index is 0.0106. The van der Waals surface area contributed by atoms with E-state index in [0.717, 1.165) is 12.3 Å². The monoisotopic (exact) mass is 504 g/mol. The summed E-state index contributed by atoms with van der Waals surface area (Å²) in [5.41, 5.74) is -0.226. The third-order valence-corrected chi connectivity index (χ3v) is 7.54. The molecule has 1 aliphatic heterocycles. The first-order valence-corrected chi connectivity index (χ1v) is 13.9. The Kier molecular flexibility index (Phi) is 9.03. The average molecular weight is 505 g/mol. The van der Waals surface area contributed by atoms with E-state index in [-0.39, 0.29) is 24.5 Å². The molecular formula is C24H35F3N2O4S. The normalized spacial score (nSPS) is 26.4. The summed E-state index contributed by atoms with van der Waals surface area (Å²) in [4.78, 5) is 14.4. The fourth-order valence-electron chi connectivity index (χ4n) is 5.23. The number of sulfonamides is 1. The van der Waals surface area contributed by atoms with Gasteiger partial charge in [-0.3, -0.25) is 4.79 Å². The lowest BCUT2D eigenvalue weighted by Crippen LogP contribution is -2.59. The van der Waals surface area contributed by atoms with Gasteiger partial charge < -0.3 is 9.64 Å². The number of hydrogen-bond acceptors (Lipinski definition) is 4. The molecule has 2 fully saturated rings. The van der Waals surface area contributed by atoms with Gasteiger partial charge in [-0.1, -0.05) is 25.1 Å². The molecule has 34 heavy (non-hydrogen) atoms. The van der Waals surface area contributed by atoms with Crippen LogP contribution >= 0.6 is 0 Å². The molecule has 3 rings (SSSR count). The Morgan fingerprint density at radius 2 is 1.82 bits per heavy atom. The number of benzene rings is 1. The smallest absolute Gasteiger partial charge is 0.376 e. The molecular weight excluding hydrogens is 469 g/mol. The third-order valence-electron chi connectivity index (χ3n) is 6.81. The second kappa shape index (κ2) is 11.4. The molecule has 0 radical (unpaired) electrons. The van der Waals surface area contributed by atoms with Crippen LogP contribution in [0, 0.1) is 0 Å². The van der Waals surface area contributed by atoms with E-state index in [4.69, 9.17) is 4.74 Å². The predicted octanol–water partition coefficient (Wildman–Crippen LogP) is 4.46. The number of nitrogens with one attached hydrogen (secondary N) is 1. The SMILES string of the molecule is CCCC(=O)N1CCC[C@H](NS(C)(=O)=O)[C@@H]1COC1CCC(c2ccccc2C(F)(F)F)CC1. The number of alkyl halides is 3. The van der Waals surface area contributed by atoms with Gasteiger partial charge in [-0.15, -0.1) is 0 Å². The molecule has 192 valence electrons. The molecule has 1 heterocycles. The zero-order chi connectivity index (χ0) is 24.9. The number of ether oxygens (including phenoxy) is 1. The lowest BCUT2D eigenvalue weighted by Gasteiger charge is -2.42. The number of nitrogens with zero attached hydrogens (tertiary/aromatic N) is 1. The van der Waals surface area contributed by atoms with Crippen molar-refractivity contribution in [2.75, 3.05) is 19.4 Å². The Hall–Kier alpha value is -1.65. The molecule has 6 nitrogen and oxygen atoms in total. The quantitative estimate of drug-likeness (QED) is 0.567. The van der Waals surface area contributed by atoms with E-state index >= 15 is 0 Å². The van der Waals surface area contributed by atoms with Crippen LogP contribution in [0.25, 0.3) is 0 Å². The maximum absolute atomic E-state index is 13.4. The van der Waals surface area contributed by atoms with Crippen LogP contribution in [0.15, 0.2) is 24.3 Å². The lowest BCUT2D eigenvalue weighted by atomic mass is 9.81. The van der Waals surface area contributed by atoms with E-state index < -0.39 is 33.8 Å². The predicted molar refractivity (Wildman–Crippen MR) is 124 cm³/mol. The van der Waals surface area contributed by atoms with Crippen molar-refractivity contribution in [3.63, 3.8) is 0 Å². The molecule has 1 aromatic rings. The van der Waals surface area contributed by atoms with E-state index in [2.05, 4.69) is 4.72 Å². The number of carbonyl (C=O) groups excluding carboxylic acids is 1. The number of likely N-dealkylation sites (tertiary alicyclic amines) is 1. The highest BCUT2D eigenvalue weighted by Crippen LogP contribution is 2.41. The Balaban J connectivity index is 1.63. The molecule has 1 saturated heterocycles. The summed E-state index contributed by atoms with van der Waals surface area (Å²) < 4.78 is 72.8. The van der Waals surface area contributed by atoms with Gasteiger partial charge in [-0.2, -0.15) is 13.2 Å². The first-order valence-electron chi connectivity index (χ1n) is 12.0. The van der Waals surface area contributed by atoms with E-state index in [0.29, 0.717) is 63.5 Å².